The minimum atomic E-state index is -0.470. The zero-order chi connectivity index (χ0) is 17.2. The maximum Gasteiger partial charge on any atom is 0.352 e. The molecule has 3 heterocycles. The number of benzene rings is 1. The van der Waals surface area contributed by atoms with Gasteiger partial charge in [0.2, 0.25) is 0 Å². The monoisotopic (exact) mass is 339 g/mol. The van der Waals surface area contributed by atoms with Gasteiger partial charge in [0, 0.05) is 12.1 Å². The fourth-order valence-corrected chi connectivity index (χ4v) is 2.57. The molecule has 0 aliphatic heterocycles. The number of rotatable bonds is 5. The van der Waals surface area contributed by atoms with E-state index in [-0.39, 0.29) is 13.1 Å². The molecule has 126 valence electrons. The van der Waals surface area contributed by atoms with Gasteiger partial charge in [-0.2, -0.15) is 0 Å². The Hall–Kier alpha value is -3.62. The van der Waals surface area contributed by atoms with Gasteiger partial charge in [0.05, 0.1) is 18.8 Å². The molecular weight excluding hydrogens is 326 g/mol. The Bertz CT molecular complexity index is 1000. The molecule has 0 amide bonds. The summed E-state index contributed by atoms with van der Waals surface area (Å²) in [7, 11) is 0. The molecule has 0 saturated carbocycles. The first-order valence-corrected chi connectivity index (χ1v) is 7.50. The summed E-state index contributed by atoms with van der Waals surface area (Å²) in [6.07, 6.45) is 2.82. The molecule has 0 aliphatic carbocycles. The summed E-state index contributed by atoms with van der Waals surface area (Å²) in [5.41, 5.74) is 0.609. The minimum absolute atomic E-state index is 0.0995. The van der Waals surface area contributed by atoms with Crippen molar-refractivity contribution in [1.82, 2.24) is 24.2 Å². The lowest BCUT2D eigenvalue weighted by Crippen LogP contribution is -2.28. The molecule has 1 aromatic carbocycles. The van der Waals surface area contributed by atoms with Crippen molar-refractivity contribution in [3.63, 3.8) is 0 Å². The van der Waals surface area contributed by atoms with Crippen LogP contribution in [0.5, 0.6) is 0 Å². The second kappa shape index (κ2) is 6.11. The average Bonchev–Trinajstić information content (AvgIpc) is 3.36. The average molecular weight is 339 g/mol. The number of hydrogen-bond acceptors (Lipinski definition) is 6. The second-order valence-electron chi connectivity index (χ2n) is 5.33. The smallest absolute Gasteiger partial charge is 0.352 e. The van der Waals surface area contributed by atoms with Crippen molar-refractivity contribution in [2.24, 2.45) is 0 Å². The van der Waals surface area contributed by atoms with E-state index in [0.29, 0.717) is 17.1 Å². The van der Waals surface area contributed by atoms with E-state index in [1.165, 1.54) is 21.9 Å². The van der Waals surface area contributed by atoms with E-state index >= 15 is 0 Å². The fourth-order valence-electron chi connectivity index (χ4n) is 2.57. The van der Waals surface area contributed by atoms with Crippen LogP contribution in [-0.4, -0.2) is 24.2 Å². The maximum atomic E-state index is 12.9. The highest BCUT2D eigenvalue weighted by atomic mass is 16.5. The summed E-state index contributed by atoms with van der Waals surface area (Å²) in [5, 5.41) is 7.62. The Morgan fingerprint density at radius 3 is 1.72 bits per heavy atom. The molecule has 4 aromatic rings. The molecule has 0 unspecified atom stereocenters. The highest BCUT2D eigenvalue weighted by molar-refractivity contribution is 5.30. The fraction of sp³-hybridized carbons (Fsp3) is 0.125. The van der Waals surface area contributed by atoms with Crippen LogP contribution in [0.3, 0.4) is 0 Å². The zero-order valence-electron chi connectivity index (χ0n) is 13.0. The Kier molecular flexibility index (Phi) is 3.65. The molecular formula is C16H13N5O4. The molecule has 0 fully saturated rings. The number of aromatic nitrogens is 5. The van der Waals surface area contributed by atoms with Gasteiger partial charge < -0.3 is 9.05 Å². The highest BCUT2D eigenvalue weighted by Crippen LogP contribution is 2.04. The van der Waals surface area contributed by atoms with Crippen molar-refractivity contribution in [2.75, 3.05) is 0 Å². The SMILES string of the molecule is O=c1n(-c2ccccc2)c(=O)n(Cc2ccon2)n1Cc1ccon1. The van der Waals surface area contributed by atoms with Crippen LogP contribution >= 0.6 is 0 Å². The van der Waals surface area contributed by atoms with Gasteiger partial charge in [0.15, 0.2) is 0 Å². The predicted molar refractivity (Wildman–Crippen MR) is 85.5 cm³/mol. The van der Waals surface area contributed by atoms with E-state index in [1.54, 1.807) is 36.4 Å². The minimum Gasteiger partial charge on any atom is -0.364 e. The van der Waals surface area contributed by atoms with Gasteiger partial charge in [-0.05, 0) is 12.1 Å². The van der Waals surface area contributed by atoms with Crippen LogP contribution in [0.15, 0.2) is 73.6 Å². The third kappa shape index (κ3) is 2.71. The second-order valence-corrected chi connectivity index (χ2v) is 5.33. The molecule has 3 aromatic heterocycles. The lowest BCUT2D eigenvalue weighted by Gasteiger charge is -2.05. The van der Waals surface area contributed by atoms with Gasteiger partial charge in [0.25, 0.3) is 0 Å². The molecule has 0 N–H and O–H groups in total. The lowest BCUT2D eigenvalue weighted by molar-refractivity contribution is 0.390. The van der Waals surface area contributed by atoms with Gasteiger partial charge in [-0.3, -0.25) is 0 Å². The first kappa shape index (κ1) is 14.9. The Morgan fingerprint density at radius 2 is 1.28 bits per heavy atom. The maximum absolute atomic E-state index is 12.9. The predicted octanol–water partition coefficient (Wildman–Crippen LogP) is 0.873. The van der Waals surface area contributed by atoms with E-state index in [1.807, 2.05) is 6.07 Å². The molecule has 0 atom stereocenters. The van der Waals surface area contributed by atoms with Crippen LogP contribution in [0.2, 0.25) is 0 Å². The topological polar surface area (TPSA) is 101 Å². The number of hydrogen-bond donors (Lipinski definition) is 0. The molecule has 0 spiro atoms. The normalized spacial score (nSPS) is 11.0. The van der Waals surface area contributed by atoms with E-state index in [4.69, 9.17) is 9.05 Å². The summed E-state index contributed by atoms with van der Waals surface area (Å²) in [6, 6.07) is 12.0. The van der Waals surface area contributed by atoms with Crippen LogP contribution in [0.25, 0.3) is 5.69 Å². The quantitative estimate of drug-likeness (QED) is 0.535. The highest BCUT2D eigenvalue weighted by Gasteiger charge is 2.19. The molecule has 0 bridgehead atoms. The largest absolute Gasteiger partial charge is 0.364 e. The Morgan fingerprint density at radius 1 is 0.760 bits per heavy atom. The van der Waals surface area contributed by atoms with Gasteiger partial charge in [-0.25, -0.2) is 23.5 Å². The summed E-state index contributed by atoms with van der Waals surface area (Å²) < 4.78 is 13.3. The molecule has 0 radical (unpaired) electrons. The Labute approximate surface area is 140 Å². The summed E-state index contributed by atoms with van der Waals surface area (Å²) in [5.74, 6) is 0. The van der Waals surface area contributed by atoms with Crippen LogP contribution in [0, 0.1) is 0 Å². The van der Waals surface area contributed by atoms with Crippen molar-refractivity contribution in [3.05, 3.63) is 87.3 Å². The van der Waals surface area contributed by atoms with Crippen LogP contribution in [0.1, 0.15) is 11.4 Å². The van der Waals surface area contributed by atoms with E-state index < -0.39 is 11.4 Å². The van der Waals surface area contributed by atoms with Crippen LogP contribution in [-0.2, 0) is 13.1 Å². The number of para-hydroxylation sites is 1. The van der Waals surface area contributed by atoms with Crippen LogP contribution < -0.4 is 11.4 Å². The zero-order valence-corrected chi connectivity index (χ0v) is 13.0. The third-order valence-corrected chi connectivity index (χ3v) is 3.74. The molecule has 0 saturated heterocycles. The van der Waals surface area contributed by atoms with E-state index in [9.17, 15) is 9.59 Å². The summed E-state index contributed by atoms with van der Waals surface area (Å²) >= 11 is 0. The van der Waals surface area contributed by atoms with Crippen molar-refractivity contribution in [1.29, 1.82) is 0 Å². The molecule has 9 heteroatoms. The van der Waals surface area contributed by atoms with Gasteiger partial charge in [-0.15, -0.1) is 0 Å². The van der Waals surface area contributed by atoms with Gasteiger partial charge in [0.1, 0.15) is 23.9 Å². The summed E-state index contributed by atoms with van der Waals surface area (Å²) in [4.78, 5) is 25.7. The molecule has 9 nitrogen and oxygen atoms in total. The van der Waals surface area contributed by atoms with Gasteiger partial charge in [-0.1, -0.05) is 28.5 Å². The third-order valence-electron chi connectivity index (χ3n) is 3.74. The van der Waals surface area contributed by atoms with E-state index in [2.05, 4.69) is 10.3 Å². The summed E-state index contributed by atoms with van der Waals surface area (Å²) in [6.45, 7) is 0.199. The lowest BCUT2D eigenvalue weighted by atomic mass is 10.3. The molecule has 0 aliphatic rings. The first-order valence-electron chi connectivity index (χ1n) is 7.50. The van der Waals surface area contributed by atoms with Crippen molar-refractivity contribution >= 4 is 0 Å². The standard InChI is InChI=1S/C16H13N5O4/c22-15-19(10-12-6-8-24-17-12)20(11-13-7-9-25-18-13)16(23)21(15)14-4-2-1-3-5-14/h1-9H,10-11H2. The molecule has 4 rings (SSSR count). The molecule has 25 heavy (non-hydrogen) atoms. The Balaban J connectivity index is 1.88. The van der Waals surface area contributed by atoms with Crippen molar-refractivity contribution in [3.8, 4) is 5.69 Å². The first-order chi connectivity index (χ1) is 12.2. The van der Waals surface area contributed by atoms with Crippen molar-refractivity contribution in [2.45, 2.75) is 13.1 Å². The van der Waals surface area contributed by atoms with E-state index in [0.717, 1.165) is 4.57 Å². The number of nitrogens with zero attached hydrogens (tertiary/aromatic N) is 5. The van der Waals surface area contributed by atoms with Gasteiger partial charge >= 0.3 is 11.4 Å². The van der Waals surface area contributed by atoms with Crippen LogP contribution in [0.4, 0.5) is 0 Å². The van der Waals surface area contributed by atoms with Crippen molar-refractivity contribution < 1.29 is 9.05 Å².